The Balaban J connectivity index is 2.49. The van der Waals surface area contributed by atoms with E-state index in [0.29, 0.717) is 0 Å². The molecule has 2 N–H and O–H groups in total. The average Bonchev–Trinajstić information content (AvgIpc) is 2.44. The zero-order valence-corrected chi connectivity index (χ0v) is 15.6. The van der Waals surface area contributed by atoms with Crippen LogP contribution in [0.5, 0.6) is 0 Å². The van der Waals surface area contributed by atoms with Crippen LogP contribution in [-0.2, 0) is 15.4 Å². The molecule has 0 aromatic heterocycles. The highest BCUT2D eigenvalue weighted by Crippen LogP contribution is 2.42. The van der Waals surface area contributed by atoms with Crippen LogP contribution >= 0.6 is 0 Å². The van der Waals surface area contributed by atoms with Crippen LogP contribution in [-0.4, -0.2) is 48.5 Å². The summed E-state index contributed by atoms with van der Waals surface area (Å²) in [6.07, 6.45) is 0.0345. The number of likely N-dealkylation sites (tertiary alicyclic amines) is 1. The summed E-state index contributed by atoms with van der Waals surface area (Å²) in [6, 6.07) is 2.81. The van der Waals surface area contributed by atoms with Crippen LogP contribution in [0.1, 0.15) is 39.2 Å². The quantitative estimate of drug-likeness (QED) is 0.831. The SMILES string of the molecule is CC(C)(C)C1CC(O)(c2cc(F)cc(S(C)(=O)=O)c2)CCN1C(=O)O. The Morgan fingerprint density at radius 2 is 1.92 bits per heavy atom. The number of benzene rings is 1. The molecular formula is C17H24FNO5S. The molecule has 6 nitrogen and oxygen atoms in total. The number of carboxylic acid groups (broad SMARTS) is 1. The maximum absolute atomic E-state index is 13.9. The maximum Gasteiger partial charge on any atom is 0.407 e. The van der Waals surface area contributed by atoms with Gasteiger partial charge in [-0.05, 0) is 35.6 Å². The monoisotopic (exact) mass is 373 g/mol. The molecule has 1 aromatic rings. The van der Waals surface area contributed by atoms with Gasteiger partial charge in [-0.1, -0.05) is 20.8 Å². The van der Waals surface area contributed by atoms with Crippen LogP contribution in [0.2, 0.25) is 0 Å². The third-order valence-corrected chi connectivity index (χ3v) is 5.85. The molecule has 1 heterocycles. The lowest BCUT2D eigenvalue weighted by molar-refractivity contribution is -0.0689. The molecule has 1 aliphatic rings. The van der Waals surface area contributed by atoms with Crippen molar-refractivity contribution in [1.29, 1.82) is 0 Å². The van der Waals surface area contributed by atoms with E-state index in [4.69, 9.17) is 0 Å². The maximum atomic E-state index is 13.9. The van der Waals surface area contributed by atoms with Gasteiger partial charge in [0, 0.05) is 25.3 Å². The van der Waals surface area contributed by atoms with Gasteiger partial charge in [0.05, 0.1) is 10.5 Å². The van der Waals surface area contributed by atoms with E-state index >= 15 is 0 Å². The van der Waals surface area contributed by atoms with Crippen molar-refractivity contribution >= 4 is 15.9 Å². The first-order chi connectivity index (χ1) is 11.2. The molecule has 1 fully saturated rings. The molecule has 1 saturated heterocycles. The van der Waals surface area contributed by atoms with Crippen LogP contribution in [0.4, 0.5) is 9.18 Å². The first-order valence-electron chi connectivity index (χ1n) is 7.97. The molecule has 0 bridgehead atoms. The average molecular weight is 373 g/mol. The second-order valence-electron chi connectivity index (χ2n) is 7.79. The topological polar surface area (TPSA) is 94.9 Å². The molecule has 1 amide bonds. The van der Waals surface area contributed by atoms with E-state index < -0.39 is 38.8 Å². The van der Waals surface area contributed by atoms with E-state index in [9.17, 15) is 27.8 Å². The van der Waals surface area contributed by atoms with Crippen molar-refractivity contribution in [2.24, 2.45) is 5.41 Å². The van der Waals surface area contributed by atoms with Gasteiger partial charge in [0.2, 0.25) is 0 Å². The highest BCUT2D eigenvalue weighted by molar-refractivity contribution is 7.90. The van der Waals surface area contributed by atoms with E-state index in [-0.39, 0.29) is 29.8 Å². The van der Waals surface area contributed by atoms with Gasteiger partial charge in [0.15, 0.2) is 9.84 Å². The van der Waals surface area contributed by atoms with Gasteiger partial charge in [-0.2, -0.15) is 0 Å². The predicted octanol–water partition coefficient (Wildman–Crippen LogP) is 2.61. The summed E-state index contributed by atoms with van der Waals surface area (Å²) >= 11 is 0. The lowest BCUT2D eigenvalue weighted by Crippen LogP contribution is -2.55. The molecule has 140 valence electrons. The molecular weight excluding hydrogens is 349 g/mol. The van der Waals surface area contributed by atoms with Crippen molar-refractivity contribution in [3.63, 3.8) is 0 Å². The van der Waals surface area contributed by atoms with E-state index in [0.717, 1.165) is 18.4 Å². The van der Waals surface area contributed by atoms with Crippen LogP contribution < -0.4 is 0 Å². The fraction of sp³-hybridized carbons (Fsp3) is 0.588. The van der Waals surface area contributed by atoms with Gasteiger partial charge in [-0.15, -0.1) is 0 Å². The van der Waals surface area contributed by atoms with Crippen LogP contribution in [0.3, 0.4) is 0 Å². The zero-order valence-electron chi connectivity index (χ0n) is 14.8. The summed E-state index contributed by atoms with van der Waals surface area (Å²) in [5.41, 5.74) is -1.78. The van der Waals surface area contributed by atoms with Crippen molar-refractivity contribution in [3.8, 4) is 0 Å². The Hall–Kier alpha value is -1.67. The van der Waals surface area contributed by atoms with Gasteiger partial charge >= 0.3 is 6.09 Å². The first-order valence-corrected chi connectivity index (χ1v) is 9.86. The number of rotatable bonds is 2. The second kappa shape index (κ2) is 6.25. The Morgan fingerprint density at radius 3 is 2.40 bits per heavy atom. The molecule has 0 radical (unpaired) electrons. The third-order valence-electron chi connectivity index (χ3n) is 4.76. The fourth-order valence-corrected chi connectivity index (χ4v) is 3.97. The number of carbonyl (C=O) groups is 1. The van der Waals surface area contributed by atoms with Crippen LogP contribution in [0.25, 0.3) is 0 Å². The predicted molar refractivity (Wildman–Crippen MR) is 90.6 cm³/mol. The van der Waals surface area contributed by atoms with Crippen LogP contribution in [0, 0.1) is 11.2 Å². The highest BCUT2D eigenvalue weighted by atomic mass is 32.2. The number of amides is 1. The van der Waals surface area contributed by atoms with Crippen molar-refractivity contribution < 1.29 is 27.8 Å². The van der Waals surface area contributed by atoms with Gasteiger partial charge in [-0.3, -0.25) is 0 Å². The summed E-state index contributed by atoms with van der Waals surface area (Å²) in [5, 5.41) is 20.5. The Morgan fingerprint density at radius 1 is 1.32 bits per heavy atom. The number of aliphatic hydroxyl groups is 1. The normalized spacial score (nSPS) is 25.0. The molecule has 0 saturated carbocycles. The summed E-state index contributed by atoms with van der Waals surface area (Å²) < 4.78 is 37.4. The third kappa shape index (κ3) is 4.12. The number of nitrogens with zero attached hydrogens (tertiary/aromatic N) is 1. The molecule has 0 aliphatic carbocycles. The molecule has 8 heteroatoms. The van der Waals surface area contributed by atoms with E-state index in [2.05, 4.69) is 0 Å². The molecule has 1 aliphatic heterocycles. The largest absolute Gasteiger partial charge is 0.465 e. The minimum absolute atomic E-state index is 0.0649. The number of halogens is 1. The standard InChI is InChI=1S/C17H24FNO5S/c1-16(2,3)14-10-17(22,5-6-19(14)15(20)21)11-7-12(18)9-13(8-11)25(4,23)24/h7-9,14,22H,5-6,10H2,1-4H3,(H,20,21). The number of sulfone groups is 1. The van der Waals surface area contributed by atoms with Gasteiger partial charge in [0.1, 0.15) is 5.82 Å². The summed E-state index contributed by atoms with van der Waals surface area (Å²) in [4.78, 5) is 12.6. The molecule has 2 rings (SSSR count). The summed E-state index contributed by atoms with van der Waals surface area (Å²) in [6.45, 7) is 5.69. The smallest absolute Gasteiger partial charge is 0.407 e. The molecule has 1 aromatic carbocycles. The summed E-state index contributed by atoms with van der Waals surface area (Å²) in [5.74, 6) is -0.751. The minimum atomic E-state index is -3.64. The Kier molecular flexibility index (Phi) is 4.91. The van der Waals surface area contributed by atoms with Gasteiger partial charge < -0.3 is 15.1 Å². The van der Waals surface area contributed by atoms with Crippen LogP contribution in [0.15, 0.2) is 23.1 Å². The first kappa shape index (κ1) is 19.7. The lowest BCUT2D eigenvalue weighted by atomic mass is 9.72. The number of piperidine rings is 1. The Labute approximate surface area is 147 Å². The minimum Gasteiger partial charge on any atom is -0.465 e. The van der Waals surface area contributed by atoms with Crippen molar-refractivity contribution in [2.75, 3.05) is 12.8 Å². The fourth-order valence-electron chi connectivity index (χ4n) is 3.30. The summed E-state index contributed by atoms with van der Waals surface area (Å²) in [7, 11) is -3.64. The van der Waals surface area contributed by atoms with Gasteiger partial charge in [0.25, 0.3) is 0 Å². The van der Waals surface area contributed by atoms with Crippen molar-refractivity contribution in [1.82, 2.24) is 4.90 Å². The molecule has 2 atom stereocenters. The molecule has 25 heavy (non-hydrogen) atoms. The zero-order chi connectivity index (χ0) is 19.2. The Bertz CT molecular complexity index is 787. The van der Waals surface area contributed by atoms with E-state index in [1.54, 1.807) is 0 Å². The molecule has 2 unspecified atom stereocenters. The second-order valence-corrected chi connectivity index (χ2v) is 9.81. The number of hydrogen-bond acceptors (Lipinski definition) is 4. The van der Waals surface area contributed by atoms with Crippen molar-refractivity contribution in [2.45, 2.75) is 50.2 Å². The van der Waals surface area contributed by atoms with Gasteiger partial charge in [-0.25, -0.2) is 17.6 Å². The lowest BCUT2D eigenvalue weighted by Gasteiger charge is -2.48. The highest BCUT2D eigenvalue weighted by Gasteiger charge is 2.46. The molecule has 0 spiro atoms. The van der Waals surface area contributed by atoms with E-state index in [1.165, 1.54) is 11.0 Å². The number of hydrogen-bond donors (Lipinski definition) is 2. The van der Waals surface area contributed by atoms with Crippen molar-refractivity contribution in [3.05, 3.63) is 29.6 Å². The van der Waals surface area contributed by atoms with E-state index in [1.807, 2.05) is 20.8 Å².